The van der Waals surface area contributed by atoms with Crippen LogP contribution in [0.4, 0.5) is 0 Å². The Bertz CT molecular complexity index is 245. The van der Waals surface area contributed by atoms with Crippen LogP contribution in [-0.4, -0.2) is 12.1 Å². The van der Waals surface area contributed by atoms with Crippen LogP contribution in [0.15, 0.2) is 12.3 Å². The molecule has 11 heavy (non-hydrogen) atoms. The van der Waals surface area contributed by atoms with E-state index in [1.807, 2.05) is 13.1 Å². The molecule has 0 saturated heterocycles. The Morgan fingerprint density at radius 3 is 2.73 bits per heavy atom. The van der Waals surface area contributed by atoms with Crippen molar-refractivity contribution in [2.24, 2.45) is 0 Å². The highest BCUT2D eigenvalue weighted by molar-refractivity contribution is 5.28. The number of methoxy groups -OCH3 is 1. The third-order valence-corrected chi connectivity index (χ3v) is 1.69. The van der Waals surface area contributed by atoms with E-state index in [1.54, 1.807) is 7.11 Å². The lowest BCUT2D eigenvalue weighted by Gasteiger charge is -2.03. The summed E-state index contributed by atoms with van der Waals surface area (Å²) in [5.41, 5.74) is 2.36. The largest absolute Gasteiger partial charge is 0.481 e. The number of hydrogen-bond acceptors (Lipinski definition) is 2. The Morgan fingerprint density at radius 1 is 1.55 bits per heavy atom. The number of nitrogens with zero attached hydrogens (tertiary/aromatic N) is 1. The Balaban J connectivity index is 2.99. The molecule has 1 aromatic rings. The van der Waals surface area contributed by atoms with Gasteiger partial charge >= 0.3 is 0 Å². The van der Waals surface area contributed by atoms with Crippen molar-refractivity contribution in [1.82, 2.24) is 4.98 Å². The molecule has 0 saturated carbocycles. The SMILES string of the molecule is CCc1cnc(OC)c(C)c1. The maximum absolute atomic E-state index is 5.03. The minimum atomic E-state index is 0.724. The summed E-state index contributed by atoms with van der Waals surface area (Å²) in [6.07, 6.45) is 2.88. The molecule has 0 atom stereocenters. The van der Waals surface area contributed by atoms with Gasteiger partial charge in [-0.15, -0.1) is 0 Å². The highest BCUT2D eigenvalue weighted by Gasteiger charge is 1.98. The van der Waals surface area contributed by atoms with Crippen LogP contribution in [-0.2, 0) is 6.42 Å². The van der Waals surface area contributed by atoms with Gasteiger partial charge in [0.1, 0.15) is 0 Å². The maximum Gasteiger partial charge on any atom is 0.215 e. The molecule has 0 aliphatic heterocycles. The van der Waals surface area contributed by atoms with Gasteiger partial charge in [0.15, 0.2) is 0 Å². The maximum atomic E-state index is 5.03. The summed E-state index contributed by atoms with van der Waals surface area (Å²) >= 11 is 0. The summed E-state index contributed by atoms with van der Waals surface area (Å²) < 4.78 is 5.03. The standard InChI is InChI=1S/C9H13NO/c1-4-8-5-7(2)9(11-3)10-6-8/h5-6H,4H2,1-3H3. The number of pyridine rings is 1. The first-order valence-corrected chi connectivity index (χ1v) is 3.77. The molecule has 0 bridgehead atoms. The summed E-state index contributed by atoms with van der Waals surface area (Å²) in [4.78, 5) is 4.15. The normalized spacial score (nSPS) is 9.73. The molecular formula is C9H13NO. The van der Waals surface area contributed by atoms with Crippen LogP contribution in [0.1, 0.15) is 18.1 Å². The van der Waals surface area contributed by atoms with E-state index in [2.05, 4.69) is 18.0 Å². The second-order valence-electron chi connectivity index (χ2n) is 2.52. The quantitative estimate of drug-likeness (QED) is 0.644. The van der Waals surface area contributed by atoms with Crippen molar-refractivity contribution < 1.29 is 4.74 Å². The van der Waals surface area contributed by atoms with Gasteiger partial charge in [0.05, 0.1) is 7.11 Å². The molecule has 1 heterocycles. The molecule has 0 radical (unpaired) electrons. The number of aromatic nitrogens is 1. The van der Waals surface area contributed by atoms with Gasteiger partial charge in [-0.25, -0.2) is 4.98 Å². The van der Waals surface area contributed by atoms with Gasteiger partial charge in [-0.1, -0.05) is 6.92 Å². The summed E-state index contributed by atoms with van der Waals surface area (Å²) in [5.74, 6) is 0.724. The highest BCUT2D eigenvalue weighted by Crippen LogP contribution is 2.14. The molecule has 0 aromatic carbocycles. The van der Waals surface area contributed by atoms with Crippen LogP contribution in [0.25, 0.3) is 0 Å². The lowest BCUT2D eigenvalue weighted by atomic mass is 10.2. The van der Waals surface area contributed by atoms with E-state index in [1.165, 1.54) is 5.56 Å². The molecule has 0 aliphatic carbocycles. The number of hydrogen-bond donors (Lipinski definition) is 0. The van der Waals surface area contributed by atoms with Crippen molar-refractivity contribution >= 4 is 0 Å². The first-order valence-electron chi connectivity index (χ1n) is 3.77. The fourth-order valence-electron chi connectivity index (χ4n) is 1.03. The van der Waals surface area contributed by atoms with Crippen LogP contribution in [0.5, 0.6) is 5.88 Å². The van der Waals surface area contributed by atoms with Gasteiger partial charge in [-0.3, -0.25) is 0 Å². The molecular weight excluding hydrogens is 138 g/mol. The molecule has 0 N–H and O–H groups in total. The first kappa shape index (κ1) is 8.05. The zero-order chi connectivity index (χ0) is 8.27. The molecule has 1 aromatic heterocycles. The Hall–Kier alpha value is -1.05. The Kier molecular flexibility index (Phi) is 2.47. The van der Waals surface area contributed by atoms with Crippen molar-refractivity contribution in [2.45, 2.75) is 20.3 Å². The van der Waals surface area contributed by atoms with E-state index in [-0.39, 0.29) is 0 Å². The Labute approximate surface area is 67.2 Å². The topological polar surface area (TPSA) is 22.1 Å². The molecule has 0 fully saturated rings. The smallest absolute Gasteiger partial charge is 0.215 e. The van der Waals surface area contributed by atoms with Crippen LogP contribution in [0.2, 0.25) is 0 Å². The second kappa shape index (κ2) is 3.37. The third-order valence-electron chi connectivity index (χ3n) is 1.69. The van der Waals surface area contributed by atoms with Crippen molar-refractivity contribution in [2.75, 3.05) is 7.11 Å². The zero-order valence-corrected chi connectivity index (χ0v) is 7.22. The van der Waals surface area contributed by atoms with Crippen molar-refractivity contribution in [1.29, 1.82) is 0 Å². The third kappa shape index (κ3) is 1.70. The highest BCUT2D eigenvalue weighted by atomic mass is 16.5. The van der Waals surface area contributed by atoms with Gasteiger partial charge in [-0.2, -0.15) is 0 Å². The number of ether oxygens (including phenoxy) is 1. The molecule has 0 aliphatic rings. The summed E-state index contributed by atoms with van der Waals surface area (Å²) in [6.45, 7) is 4.12. The van der Waals surface area contributed by atoms with E-state index < -0.39 is 0 Å². The first-order chi connectivity index (χ1) is 5.27. The molecule has 60 valence electrons. The second-order valence-corrected chi connectivity index (χ2v) is 2.52. The van der Waals surface area contributed by atoms with E-state index in [9.17, 15) is 0 Å². The molecule has 2 heteroatoms. The van der Waals surface area contributed by atoms with E-state index in [4.69, 9.17) is 4.74 Å². The van der Waals surface area contributed by atoms with Crippen LogP contribution in [0, 0.1) is 6.92 Å². The summed E-state index contributed by atoms with van der Waals surface area (Å²) in [7, 11) is 1.64. The van der Waals surface area contributed by atoms with Crippen LogP contribution >= 0.6 is 0 Å². The fraction of sp³-hybridized carbons (Fsp3) is 0.444. The van der Waals surface area contributed by atoms with Gasteiger partial charge in [-0.05, 0) is 25.0 Å². The van der Waals surface area contributed by atoms with Crippen LogP contribution < -0.4 is 4.74 Å². The predicted octanol–water partition coefficient (Wildman–Crippen LogP) is 1.96. The number of aryl methyl sites for hydroxylation is 2. The van der Waals surface area contributed by atoms with E-state index in [0.29, 0.717) is 0 Å². The average molecular weight is 151 g/mol. The molecule has 0 unspecified atom stereocenters. The van der Waals surface area contributed by atoms with Gasteiger partial charge in [0.2, 0.25) is 5.88 Å². The molecule has 1 rings (SSSR count). The average Bonchev–Trinajstić information content (AvgIpc) is 2.04. The van der Waals surface area contributed by atoms with Gasteiger partial charge in [0.25, 0.3) is 0 Å². The molecule has 0 spiro atoms. The lowest BCUT2D eigenvalue weighted by Crippen LogP contribution is -1.92. The van der Waals surface area contributed by atoms with Crippen molar-refractivity contribution in [3.8, 4) is 5.88 Å². The van der Waals surface area contributed by atoms with Gasteiger partial charge in [0, 0.05) is 11.8 Å². The number of rotatable bonds is 2. The van der Waals surface area contributed by atoms with Crippen molar-refractivity contribution in [3.05, 3.63) is 23.4 Å². The fourth-order valence-corrected chi connectivity index (χ4v) is 1.03. The van der Waals surface area contributed by atoms with E-state index in [0.717, 1.165) is 17.9 Å². The van der Waals surface area contributed by atoms with Gasteiger partial charge < -0.3 is 4.74 Å². The minimum absolute atomic E-state index is 0.724. The van der Waals surface area contributed by atoms with Crippen molar-refractivity contribution in [3.63, 3.8) is 0 Å². The zero-order valence-electron chi connectivity index (χ0n) is 7.22. The Morgan fingerprint density at radius 2 is 2.27 bits per heavy atom. The molecule has 2 nitrogen and oxygen atoms in total. The monoisotopic (exact) mass is 151 g/mol. The lowest BCUT2D eigenvalue weighted by molar-refractivity contribution is 0.394. The predicted molar refractivity (Wildman–Crippen MR) is 44.9 cm³/mol. The summed E-state index contributed by atoms with van der Waals surface area (Å²) in [6, 6.07) is 2.10. The van der Waals surface area contributed by atoms with E-state index >= 15 is 0 Å². The van der Waals surface area contributed by atoms with Crippen LogP contribution in [0.3, 0.4) is 0 Å². The minimum Gasteiger partial charge on any atom is -0.481 e. The molecule has 0 amide bonds. The summed E-state index contributed by atoms with van der Waals surface area (Å²) in [5, 5.41) is 0.